The third-order valence-corrected chi connectivity index (χ3v) is 15.8. The summed E-state index contributed by atoms with van der Waals surface area (Å²) in [5, 5.41) is 2.84. The van der Waals surface area contributed by atoms with Crippen molar-refractivity contribution >= 4 is 28.2 Å². The van der Waals surface area contributed by atoms with E-state index in [9.17, 15) is 0 Å². The second kappa shape index (κ2) is 5.52. The van der Waals surface area contributed by atoms with Crippen molar-refractivity contribution in [2.45, 2.75) is 13.8 Å². The van der Waals surface area contributed by atoms with Crippen LogP contribution in [0.1, 0.15) is 11.1 Å². The molecule has 0 aliphatic carbocycles. The summed E-state index contributed by atoms with van der Waals surface area (Å²) in [5.41, 5.74) is 5.73. The SMILES string of the molecule is Cc1[c]([Hg][c]2c(C)c3ccccc3n2C)n(C)c2ccccc12. The average molecular weight is 489 g/mol. The van der Waals surface area contributed by atoms with Gasteiger partial charge in [-0.15, -0.1) is 0 Å². The van der Waals surface area contributed by atoms with Crippen molar-refractivity contribution in [1.29, 1.82) is 0 Å². The maximum absolute atomic E-state index is 2.45. The van der Waals surface area contributed by atoms with E-state index in [-0.39, 0.29) is 0 Å². The van der Waals surface area contributed by atoms with E-state index < -0.39 is 24.6 Å². The first-order valence-electron chi connectivity index (χ1n) is 8.15. The van der Waals surface area contributed by atoms with Gasteiger partial charge in [0.25, 0.3) is 0 Å². The number of para-hydroxylation sites is 2. The number of aromatic nitrogens is 2. The molecule has 23 heavy (non-hydrogen) atoms. The van der Waals surface area contributed by atoms with E-state index in [2.05, 4.69) is 85.6 Å². The second-order valence-corrected chi connectivity index (χ2v) is 13.1. The van der Waals surface area contributed by atoms with Gasteiger partial charge in [0, 0.05) is 0 Å². The fourth-order valence-corrected chi connectivity index (χ4v) is 11.9. The van der Waals surface area contributed by atoms with Gasteiger partial charge in [0.15, 0.2) is 0 Å². The zero-order chi connectivity index (χ0) is 16.1. The van der Waals surface area contributed by atoms with Crippen LogP contribution in [0.3, 0.4) is 0 Å². The molecule has 0 saturated carbocycles. The van der Waals surface area contributed by atoms with Crippen LogP contribution in [-0.4, -0.2) is 9.13 Å². The van der Waals surface area contributed by atoms with Crippen LogP contribution in [0, 0.1) is 13.8 Å². The Kier molecular flexibility index (Phi) is 3.60. The zero-order valence-corrected chi connectivity index (χ0v) is 19.7. The molecule has 0 amide bonds. The monoisotopic (exact) mass is 490 g/mol. The molecule has 0 aliphatic heterocycles. The summed E-state index contributed by atoms with van der Waals surface area (Å²) in [6.45, 7) is 4.60. The molecule has 0 spiro atoms. The number of hydrogen-bond donors (Lipinski definition) is 0. The topological polar surface area (TPSA) is 9.86 Å². The minimum absolute atomic E-state index is 1.37. The summed E-state index contributed by atoms with van der Waals surface area (Å²) in [4.78, 5) is 0. The number of fused-ring (bicyclic) bond motifs is 2. The van der Waals surface area contributed by atoms with Crippen molar-refractivity contribution in [3.8, 4) is 0 Å². The molecule has 4 aromatic rings. The van der Waals surface area contributed by atoms with E-state index in [4.69, 9.17) is 0 Å². The number of nitrogens with zero attached hydrogens (tertiary/aromatic N) is 2. The molecular formula is C20H20HgN2. The standard InChI is InChI=1S/2C10H10N.Hg/c2*1-8-7-11(2)10-6-4-3-5-9(8)10;/h2*3-6H,1-2H3;. The van der Waals surface area contributed by atoms with Crippen LogP contribution < -0.4 is 6.41 Å². The van der Waals surface area contributed by atoms with Crippen LogP contribution in [0.4, 0.5) is 0 Å². The van der Waals surface area contributed by atoms with Crippen molar-refractivity contribution in [1.82, 2.24) is 9.13 Å². The molecule has 112 valence electrons. The van der Waals surface area contributed by atoms with E-state index in [1.54, 1.807) is 6.41 Å². The van der Waals surface area contributed by atoms with Gasteiger partial charge in [0.2, 0.25) is 0 Å². The van der Waals surface area contributed by atoms with E-state index >= 15 is 0 Å². The summed E-state index contributed by atoms with van der Waals surface area (Å²) in [7, 11) is 4.48. The van der Waals surface area contributed by atoms with Gasteiger partial charge in [-0.05, 0) is 0 Å². The van der Waals surface area contributed by atoms with Crippen molar-refractivity contribution < 1.29 is 24.6 Å². The van der Waals surface area contributed by atoms with Crippen molar-refractivity contribution in [2.75, 3.05) is 0 Å². The van der Waals surface area contributed by atoms with Crippen LogP contribution in [0.25, 0.3) is 21.8 Å². The van der Waals surface area contributed by atoms with Crippen molar-refractivity contribution in [2.24, 2.45) is 14.1 Å². The first kappa shape index (κ1) is 15.0. The second-order valence-electron chi connectivity index (χ2n) is 6.47. The Morgan fingerprint density at radius 1 is 0.652 bits per heavy atom. The Morgan fingerprint density at radius 3 is 1.43 bits per heavy atom. The van der Waals surface area contributed by atoms with Crippen LogP contribution in [0.15, 0.2) is 48.5 Å². The zero-order valence-electron chi connectivity index (χ0n) is 14.2. The normalized spacial score (nSPS) is 11.3. The van der Waals surface area contributed by atoms with Gasteiger partial charge in [0.1, 0.15) is 0 Å². The van der Waals surface area contributed by atoms with Gasteiger partial charge in [-0.2, -0.15) is 0 Å². The van der Waals surface area contributed by atoms with Crippen LogP contribution in [0.5, 0.6) is 0 Å². The van der Waals surface area contributed by atoms with Crippen LogP contribution >= 0.6 is 0 Å². The Morgan fingerprint density at radius 2 is 1.04 bits per heavy atom. The first-order chi connectivity index (χ1) is 11.1. The molecule has 2 aromatic heterocycles. The average Bonchev–Trinajstić information content (AvgIpc) is 2.97. The van der Waals surface area contributed by atoms with Gasteiger partial charge in [-0.25, -0.2) is 0 Å². The van der Waals surface area contributed by atoms with Gasteiger partial charge >= 0.3 is 150 Å². The first-order valence-corrected chi connectivity index (χ1v) is 13.6. The Hall–Kier alpha value is -1.54. The molecular weight excluding hydrogens is 469 g/mol. The summed E-state index contributed by atoms with van der Waals surface area (Å²) < 4.78 is 8.15. The van der Waals surface area contributed by atoms with Gasteiger partial charge in [0.05, 0.1) is 0 Å². The molecule has 0 fully saturated rings. The Bertz CT molecular complexity index is 875. The summed E-state index contributed by atoms with van der Waals surface area (Å²) in [6, 6.07) is 17.6. The minimum atomic E-state index is -1.45. The molecule has 2 aromatic carbocycles. The number of hydrogen-bond acceptors (Lipinski definition) is 0. The molecule has 0 N–H and O–H groups in total. The van der Waals surface area contributed by atoms with Crippen LogP contribution in [0.2, 0.25) is 0 Å². The Labute approximate surface area is 149 Å². The van der Waals surface area contributed by atoms with Crippen molar-refractivity contribution in [3.05, 3.63) is 59.7 Å². The van der Waals surface area contributed by atoms with E-state index in [1.165, 1.54) is 32.9 Å². The summed E-state index contributed by atoms with van der Waals surface area (Å²) >= 11 is -1.45. The molecule has 0 unspecified atom stereocenters. The third kappa shape index (κ3) is 2.19. The van der Waals surface area contributed by atoms with Crippen LogP contribution in [-0.2, 0) is 38.7 Å². The molecule has 0 bridgehead atoms. The molecule has 0 saturated heterocycles. The quantitative estimate of drug-likeness (QED) is 0.383. The summed E-state index contributed by atoms with van der Waals surface area (Å²) in [6.07, 6.45) is 0. The number of aryl methyl sites for hydroxylation is 4. The summed E-state index contributed by atoms with van der Waals surface area (Å²) in [5.74, 6) is 0. The van der Waals surface area contributed by atoms with Gasteiger partial charge < -0.3 is 0 Å². The molecule has 3 heteroatoms. The third-order valence-electron chi connectivity index (χ3n) is 5.35. The van der Waals surface area contributed by atoms with Gasteiger partial charge in [-0.3, -0.25) is 0 Å². The van der Waals surface area contributed by atoms with E-state index in [0.29, 0.717) is 0 Å². The predicted octanol–water partition coefficient (Wildman–Crippen LogP) is 3.32. The molecule has 2 heterocycles. The maximum atomic E-state index is 2.45. The molecule has 2 nitrogen and oxygen atoms in total. The Balaban J connectivity index is 1.92. The fraction of sp³-hybridized carbons (Fsp3) is 0.200. The number of rotatable bonds is 2. The molecule has 4 rings (SSSR count). The molecule has 0 atom stereocenters. The molecule has 0 aliphatic rings. The fourth-order valence-electron chi connectivity index (χ4n) is 3.93. The van der Waals surface area contributed by atoms with Gasteiger partial charge in [-0.1, -0.05) is 0 Å². The number of benzene rings is 2. The van der Waals surface area contributed by atoms with E-state index in [0.717, 1.165) is 0 Å². The predicted molar refractivity (Wildman–Crippen MR) is 94.6 cm³/mol. The van der Waals surface area contributed by atoms with Crippen molar-refractivity contribution in [3.63, 3.8) is 0 Å². The van der Waals surface area contributed by atoms with E-state index in [1.807, 2.05) is 0 Å². The molecule has 0 radical (unpaired) electrons.